The molecular formula is C26H24ClFN4O2. The smallest absolute Gasteiger partial charge is 0.263 e. The molecule has 34 heavy (non-hydrogen) atoms. The van der Waals surface area contributed by atoms with Gasteiger partial charge >= 0.3 is 0 Å². The van der Waals surface area contributed by atoms with Crippen molar-refractivity contribution in [2.75, 3.05) is 6.61 Å². The Morgan fingerprint density at radius 2 is 1.97 bits per heavy atom. The summed E-state index contributed by atoms with van der Waals surface area (Å²) in [6.07, 6.45) is 3.20. The van der Waals surface area contributed by atoms with Gasteiger partial charge in [0.1, 0.15) is 11.6 Å². The summed E-state index contributed by atoms with van der Waals surface area (Å²) in [7, 11) is 1.65. The molecule has 0 spiro atoms. The zero-order valence-electron chi connectivity index (χ0n) is 19.2. The molecule has 0 bridgehead atoms. The fraction of sp³-hybridized carbons (Fsp3) is 0.308. The van der Waals surface area contributed by atoms with Gasteiger partial charge in [-0.05, 0) is 62.6 Å². The van der Waals surface area contributed by atoms with Gasteiger partial charge in [-0.1, -0.05) is 17.7 Å². The highest BCUT2D eigenvalue weighted by Crippen LogP contribution is 2.39. The first-order chi connectivity index (χ1) is 16.3. The van der Waals surface area contributed by atoms with E-state index in [1.54, 1.807) is 26.1 Å². The van der Waals surface area contributed by atoms with Gasteiger partial charge < -0.3 is 4.74 Å². The Morgan fingerprint density at radius 1 is 1.15 bits per heavy atom. The monoisotopic (exact) mass is 478 g/mol. The maximum atomic E-state index is 15.0. The van der Waals surface area contributed by atoms with Crippen molar-refractivity contribution in [2.24, 2.45) is 7.05 Å². The van der Waals surface area contributed by atoms with Crippen LogP contribution in [-0.2, 0) is 11.8 Å². The van der Waals surface area contributed by atoms with Crippen molar-refractivity contribution in [3.05, 3.63) is 86.6 Å². The highest BCUT2D eigenvalue weighted by atomic mass is 35.5. The predicted octanol–water partition coefficient (Wildman–Crippen LogP) is 5.44. The van der Waals surface area contributed by atoms with Crippen molar-refractivity contribution >= 4 is 22.5 Å². The van der Waals surface area contributed by atoms with Crippen LogP contribution in [0.1, 0.15) is 47.6 Å². The molecule has 4 heterocycles. The summed E-state index contributed by atoms with van der Waals surface area (Å²) in [6, 6.07) is 10.3. The second-order valence-corrected chi connectivity index (χ2v) is 9.19. The van der Waals surface area contributed by atoms with Crippen LogP contribution in [0.2, 0.25) is 5.02 Å². The van der Waals surface area contributed by atoms with E-state index in [2.05, 4.69) is 9.97 Å². The average molecular weight is 479 g/mol. The van der Waals surface area contributed by atoms with Crippen LogP contribution in [0.25, 0.3) is 22.2 Å². The molecule has 1 aromatic carbocycles. The minimum absolute atomic E-state index is 0.0599. The molecular weight excluding hydrogens is 455 g/mol. The molecule has 0 unspecified atom stereocenters. The van der Waals surface area contributed by atoms with Crippen LogP contribution in [-0.4, -0.2) is 26.1 Å². The molecule has 2 atom stereocenters. The molecule has 0 N–H and O–H groups in total. The maximum absolute atomic E-state index is 15.0. The summed E-state index contributed by atoms with van der Waals surface area (Å²) in [5, 5.41) is 0.576. The minimum Gasteiger partial charge on any atom is -0.373 e. The predicted molar refractivity (Wildman–Crippen MR) is 130 cm³/mol. The number of aryl methyl sites for hydroxylation is 2. The minimum atomic E-state index is -0.531. The van der Waals surface area contributed by atoms with E-state index in [0.717, 1.165) is 23.4 Å². The third-order valence-corrected chi connectivity index (χ3v) is 6.73. The first-order valence-corrected chi connectivity index (χ1v) is 11.6. The van der Waals surface area contributed by atoms with E-state index in [9.17, 15) is 9.18 Å². The van der Waals surface area contributed by atoms with Crippen LogP contribution < -0.4 is 5.56 Å². The molecule has 1 aliphatic rings. The number of benzene rings is 1. The van der Waals surface area contributed by atoms with E-state index in [1.807, 2.05) is 31.3 Å². The van der Waals surface area contributed by atoms with Crippen LogP contribution in [0.3, 0.4) is 0 Å². The summed E-state index contributed by atoms with van der Waals surface area (Å²) in [5.74, 6) is 0.106. The Kier molecular flexibility index (Phi) is 5.91. The molecule has 0 radical (unpaired) electrons. The lowest BCUT2D eigenvalue weighted by atomic mass is 9.89. The van der Waals surface area contributed by atoms with Gasteiger partial charge in [0.25, 0.3) is 5.56 Å². The van der Waals surface area contributed by atoms with Crippen molar-refractivity contribution in [3.63, 3.8) is 0 Å². The Morgan fingerprint density at radius 3 is 2.71 bits per heavy atom. The van der Waals surface area contributed by atoms with Gasteiger partial charge in [0.05, 0.1) is 22.7 Å². The van der Waals surface area contributed by atoms with Gasteiger partial charge in [-0.25, -0.2) is 9.37 Å². The van der Waals surface area contributed by atoms with E-state index in [4.69, 9.17) is 21.3 Å². The number of pyridine rings is 2. The highest BCUT2D eigenvalue weighted by Gasteiger charge is 2.28. The van der Waals surface area contributed by atoms with Gasteiger partial charge in [0, 0.05) is 47.7 Å². The number of fused-ring (bicyclic) bond motifs is 1. The molecule has 1 aliphatic heterocycles. The lowest BCUT2D eigenvalue weighted by Crippen LogP contribution is -2.23. The molecule has 0 amide bonds. The molecule has 4 aromatic rings. The molecule has 8 heteroatoms. The molecule has 174 valence electrons. The third-order valence-electron chi connectivity index (χ3n) is 6.50. The fourth-order valence-corrected chi connectivity index (χ4v) is 4.63. The Balaban J connectivity index is 1.65. The molecule has 5 rings (SSSR count). The zero-order valence-corrected chi connectivity index (χ0v) is 19.9. The quantitative estimate of drug-likeness (QED) is 0.392. The molecule has 3 aromatic heterocycles. The number of ether oxygens (including phenoxy) is 1. The third kappa shape index (κ3) is 4.10. The molecule has 0 aliphatic carbocycles. The van der Waals surface area contributed by atoms with Crippen LogP contribution in [0, 0.1) is 19.7 Å². The Bertz CT molecular complexity index is 1450. The van der Waals surface area contributed by atoms with E-state index in [1.165, 1.54) is 10.6 Å². The number of hydrogen-bond acceptors (Lipinski definition) is 5. The summed E-state index contributed by atoms with van der Waals surface area (Å²) in [4.78, 5) is 27.1. The van der Waals surface area contributed by atoms with Crippen LogP contribution in [0.4, 0.5) is 4.39 Å². The second-order valence-electron chi connectivity index (χ2n) is 8.75. The van der Waals surface area contributed by atoms with Gasteiger partial charge in [0.2, 0.25) is 0 Å². The van der Waals surface area contributed by atoms with Crippen LogP contribution in [0.15, 0.2) is 47.4 Å². The number of halogens is 2. The van der Waals surface area contributed by atoms with E-state index in [0.29, 0.717) is 29.8 Å². The van der Waals surface area contributed by atoms with Crippen LogP contribution >= 0.6 is 11.6 Å². The zero-order chi connectivity index (χ0) is 24.0. The second kappa shape index (κ2) is 8.89. The van der Waals surface area contributed by atoms with Gasteiger partial charge in [-0.3, -0.25) is 19.3 Å². The normalized spacial score (nSPS) is 18.4. The number of rotatable bonds is 3. The highest BCUT2D eigenvalue weighted by molar-refractivity contribution is 6.30. The first-order valence-electron chi connectivity index (χ1n) is 11.2. The van der Waals surface area contributed by atoms with Crippen molar-refractivity contribution in [1.29, 1.82) is 0 Å². The first kappa shape index (κ1) is 22.6. The standard InChI is InChI=1S/C26H24ClFN4O2/c1-14-4-5-17(13-29-14)23-10-16(8-9-34-23)21-12-22-24(26(33)32(3)15(2)30-22)25(31-21)19-7-6-18(27)11-20(19)28/h4-7,11-13,16,23H,8-10H2,1-3H3/t16-,23-/m1/s1. The molecule has 6 nitrogen and oxygen atoms in total. The van der Waals surface area contributed by atoms with Crippen molar-refractivity contribution in [2.45, 2.75) is 38.7 Å². The van der Waals surface area contributed by atoms with Crippen molar-refractivity contribution < 1.29 is 9.13 Å². The molecule has 1 fully saturated rings. The van der Waals surface area contributed by atoms with E-state index in [-0.39, 0.29) is 33.9 Å². The van der Waals surface area contributed by atoms with Crippen molar-refractivity contribution in [3.8, 4) is 11.3 Å². The summed E-state index contributed by atoms with van der Waals surface area (Å²) >= 11 is 5.98. The topological polar surface area (TPSA) is 69.9 Å². The van der Waals surface area contributed by atoms with Gasteiger partial charge in [-0.2, -0.15) is 0 Å². The maximum Gasteiger partial charge on any atom is 0.263 e. The Labute approximate surface area is 201 Å². The summed E-state index contributed by atoms with van der Waals surface area (Å²) in [5.41, 5.74) is 3.50. The number of nitrogens with zero attached hydrogens (tertiary/aromatic N) is 4. The molecule has 0 saturated carbocycles. The molecule has 1 saturated heterocycles. The lowest BCUT2D eigenvalue weighted by Gasteiger charge is -2.30. The summed E-state index contributed by atoms with van der Waals surface area (Å²) in [6.45, 7) is 4.29. The average Bonchev–Trinajstić information content (AvgIpc) is 2.82. The van der Waals surface area contributed by atoms with Gasteiger partial charge in [-0.15, -0.1) is 0 Å². The van der Waals surface area contributed by atoms with E-state index >= 15 is 0 Å². The van der Waals surface area contributed by atoms with Crippen LogP contribution in [0.5, 0.6) is 0 Å². The van der Waals surface area contributed by atoms with E-state index < -0.39 is 5.82 Å². The SMILES string of the molecule is Cc1ccc([C@H]2C[C@H](c3cc4nc(C)n(C)c(=O)c4c(-c4ccc(Cl)cc4F)n3)CCO2)cn1. The number of aromatic nitrogens is 4. The largest absolute Gasteiger partial charge is 0.373 e. The Hall–Kier alpha value is -3.16. The fourth-order valence-electron chi connectivity index (χ4n) is 4.47. The van der Waals surface area contributed by atoms with Crippen molar-refractivity contribution in [1.82, 2.24) is 19.5 Å². The van der Waals surface area contributed by atoms with Gasteiger partial charge in [0.15, 0.2) is 0 Å². The summed E-state index contributed by atoms with van der Waals surface area (Å²) < 4.78 is 22.5. The number of hydrogen-bond donors (Lipinski definition) is 0. The lowest BCUT2D eigenvalue weighted by molar-refractivity contribution is 0.00448.